The Hall–Kier alpha value is -3.23. The number of halogens is 1. The Balaban J connectivity index is 1.59. The van der Waals surface area contributed by atoms with Gasteiger partial charge in [-0.2, -0.15) is 10.3 Å². The molecule has 1 aliphatic rings. The third kappa shape index (κ3) is 4.83. The van der Waals surface area contributed by atoms with Crippen LogP contribution < -0.4 is 0 Å². The molecule has 9 heteroatoms. The van der Waals surface area contributed by atoms with Crippen molar-refractivity contribution in [3.05, 3.63) is 59.8 Å². The van der Waals surface area contributed by atoms with Gasteiger partial charge in [-0.1, -0.05) is 73.5 Å². The van der Waals surface area contributed by atoms with E-state index in [1.54, 1.807) is 0 Å². The molecule has 2 aromatic carbocycles. The zero-order valence-electron chi connectivity index (χ0n) is 19.2. The van der Waals surface area contributed by atoms with Crippen molar-refractivity contribution in [1.82, 2.24) is 20.3 Å². The van der Waals surface area contributed by atoms with Gasteiger partial charge in [0, 0.05) is 18.5 Å². The Morgan fingerprint density at radius 3 is 2.56 bits per heavy atom. The molecule has 0 amide bonds. The predicted molar refractivity (Wildman–Crippen MR) is 132 cm³/mol. The molecule has 2 N–H and O–H groups in total. The molecule has 34 heavy (non-hydrogen) atoms. The van der Waals surface area contributed by atoms with Gasteiger partial charge < -0.3 is 14.7 Å². The number of amidine groups is 1. The molecule has 8 nitrogen and oxygen atoms in total. The maximum absolute atomic E-state index is 12.1. The number of aliphatic imine (C=N–C) groups is 1. The lowest BCUT2D eigenvalue weighted by Crippen LogP contribution is -2.40. The van der Waals surface area contributed by atoms with Crippen LogP contribution in [-0.2, 0) is 11.3 Å². The van der Waals surface area contributed by atoms with Gasteiger partial charge >= 0.3 is 5.97 Å². The van der Waals surface area contributed by atoms with Gasteiger partial charge in [0.15, 0.2) is 5.69 Å². The molecule has 2 heterocycles. The van der Waals surface area contributed by atoms with Crippen LogP contribution in [0, 0.1) is 0 Å². The highest BCUT2D eigenvalue weighted by Crippen LogP contribution is 2.33. The Morgan fingerprint density at radius 2 is 1.88 bits per heavy atom. The number of aliphatic hydroxyl groups is 1. The first kappa shape index (κ1) is 23.9. The van der Waals surface area contributed by atoms with Crippen molar-refractivity contribution >= 4 is 23.4 Å². The average Bonchev–Trinajstić information content (AvgIpc) is 3.47. The van der Waals surface area contributed by atoms with E-state index in [4.69, 9.17) is 16.3 Å². The molecule has 0 fully saturated rings. The number of aromatic nitrogens is 3. The number of hydrogen-bond donors (Lipinski definition) is 2. The molecule has 0 saturated carbocycles. The minimum atomic E-state index is -0.545. The van der Waals surface area contributed by atoms with Crippen LogP contribution in [0.4, 0.5) is 0 Å². The van der Waals surface area contributed by atoms with Gasteiger partial charge in [-0.15, -0.1) is 5.10 Å². The molecule has 0 aliphatic carbocycles. The van der Waals surface area contributed by atoms with Crippen LogP contribution in [-0.4, -0.2) is 62.5 Å². The Labute approximate surface area is 203 Å². The fraction of sp³-hybridized carbons (Fsp3) is 0.360. The maximum atomic E-state index is 12.1. The normalized spacial score (nSPS) is 17.6. The van der Waals surface area contributed by atoms with E-state index >= 15 is 0 Å². The van der Waals surface area contributed by atoms with Crippen LogP contribution in [0.5, 0.6) is 0 Å². The van der Waals surface area contributed by atoms with Crippen LogP contribution in [0.15, 0.2) is 53.5 Å². The standard InChI is InChI=1S/C25H28ClN5O3/c1-3-4-9-21-27-24(26)20(15-32)31(21)14-16-10-12-17(13-11-16)18-7-5-6-8-19(18)22-23(25(33)34-2)29-30-28-22/h5-8,10-13,20,24,32H,3-4,9,14-15H2,1-2H3,(H,28,29,30). The smallest absolute Gasteiger partial charge is 0.360 e. The predicted octanol–water partition coefficient (Wildman–Crippen LogP) is 4.26. The summed E-state index contributed by atoms with van der Waals surface area (Å²) in [4.78, 5) is 18.8. The number of carbonyl (C=O) groups excluding carboxylic acids is 1. The number of H-pyrrole nitrogens is 1. The summed E-state index contributed by atoms with van der Waals surface area (Å²) in [7, 11) is 1.32. The number of hydrogen-bond acceptors (Lipinski definition) is 7. The van der Waals surface area contributed by atoms with Gasteiger partial charge in [0.25, 0.3) is 0 Å². The third-order valence-electron chi connectivity index (χ3n) is 5.99. The number of rotatable bonds is 9. The first-order valence-electron chi connectivity index (χ1n) is 11.3. The first-order chi connectivity index (χ1) is 16.6. The number of carbonyl (C=O) groups is 1. The number of methoxy groups -OCH3 is 1. The fourth-order valence-corrected chi connectivity index (χ4v) is 4.49. The number of nitrogens with one attached hydrogen (secondary N) is 1. The minimum absolute atomic E-state index is 0.0427. The number of ether oxygens (including phenoxy) is 1. The Kier molecular flexibility index (Phi) is 7.59. The number of unbranched alkanes of at least 4 members (excludes halogenated alkanes) is 1. The minimum Gasteiger partial charge on any atom is -0.464 e. The SMILES string of the molecule is CCCCC1=NC(Cl)C(CO)N1Cc1ccc(-c2ccccc2-c2n[nH]nc2C(=O)OC)cc1. The molecule has 1 aromatic heterocycles. The number of esters is 1. The molecule has 2 atom stereocenters. The molecular weight excluding hydrogens is 454 g/mol. The summed E-state index contributed by atoms with van der Waals surface area (Å²) in [6.07, 6.45) is 2.95. The van der Waals surface area contributed by atoms with E-state index in [0.29, 0.717) is 12.2 Å². The summed E-state index contributed by atoms with van der Waals surface area (Å²) in [5.74, 6) is 0.410. The number of alkyl halides is 1. The Bertz CT molecular complexity index is 1160. The van der Waals surface area contributed by atoms with E-state index in [1.807, 2.05) is 36.4 Å². The van der Waals surface area contributed by atoms with E-state index in [-0.39, 0.29) is 18.3 Å². The monoisotopic (exact) mass is 481 g/mol. The van der Waals surface area contributed by atoms with Crippen molar-refractivity contribution in [2.45, 2.75) is 44.3 Å². The van der Waals surface area contributed by atoms with Gasteiger partial charge in [-0.25, -0.2) is 4.79 Å². The van der Waals surface area contributed by atoms with Crippen LogP contribution in [0.1, 0.15) is 42.2 Å². The molecule has 0 radical (unpaired) electrons. The molecule has 4 rings (SSSR count). The molecule has 0 spiro atoms. The number of nitrogens with zero attached hydrogens (tertiary/aromatic N) is 4. The van der Waals surface area contributed by atoms with Crippen molar-refractivity contribution in [3.8, 4) is 22.4 Å². The van der Waals surface area contributed by atoms with E-state index in [9.17, 15) is 9.90 Å². The van der Waals surface area contributed by atoms with Gasteiger partial charge in [0.2, 0.25) is 0 Å². The fourth-order valence-electron chi connectivity index (χ4n) is 4.16. The van der Waals surface area contributed by atoms with Crippen molar-refractivity contribution in [2.24, 2.45) is 4.99 Å². The topological polar surface area (TPSA) is 104 Å². The van der Waals surface area contributed by atoms with Crippen LogP contribution >= 0.6 is 11.6 Å². The number of benzene rings is 2. The largest absolute Gasteiger partial charge is 0.464 e. The second kappa shape index (κ2) is 10.8. The van der Waals surface area contributed by atoms with Crippen molar-refractivity contribution in [3.63, 3.8) is 0 Å². The highest BCUT2D eigenvalue weighted by Gasteiger charge is 2.34. The lowest BCUT2D eigenvalue weighted by molar-refractivity contribution is 0.0595. The summed E-state index contributed by atoms with van der Waals surface area (Å²) in [5.41, 5.74) is 3.93. The maximum Gasteiger partial charge on any atom is 0.360 e. The van der Waals surface area contributed by atoms with Gasteiger partial charge in [-0.05, 0) is 23.1 Å². The number of aliphatic hydroxyl groups excluding tert-OH is 1. The van der Waals surface area contributed by atoms with E-state index in [2.05, 4.69) is 44.4 Å². The van der Waals surface area contributed by atoms with E-state index in [1.165, 1.54) is 7.11 Å². The zero-order valence-corrected chi connectivity index (χ0v) is 20.0. The summed E-state index contributed by atoms with van der Waals surface area (Å²) >= 11 is 6.39. The molecular formula is C25H28ClN5O3. The molecule has 178 valence electrons. The quantitative estimate of drug-likeness (QED) is 0.269. The average molecular weight is 482 g/mol. The van der Waals surface area contributed by atoms with Gasteiger partial charge in [0.05, 0.1) is 19.8 Å². The van der Waals surface area contributed by atoms with Crippen LogP contribution in [0.2, 0.25) is 0 Å². The summed E-state index contributed by atoms with van der Waals surface area (Å²) in [6.45, 7) is 2.72. The summed E-state index contributed by atoms with van der Waals surface area (Å²) < 4.78 is 4.84. The highest BCUT2D eigenvalue weighted by atomic mass is 35.5. The lowest BCUT2D eigenvalue weighted by atomic mass is 9.96. The van der Waals surface area contributed by atoms with Crippen molar-refractivity contribution in [2.75, 3.05) is 13.7 Å². The molecule has 0 bridgehead atoms. The van der Waals surface area contributed by atoms with Crippen molar-refractivity contribution < 1.29 is 14.6 Å². The van der Waals surface area contributed by atoms with E-state index in [0.717, 1.165) is 47.4 Å². The molecule has 2 unspecified atom stereocenters. The first-order valence-corrected chi connectivity index (χ1v) is 11.8. The van der Waals surface area contributed by atoms with Crippen LogP contribution in [0.25, 0.3) is 22.4 Å². The zero-order chi connectivity index (χ0) is 24.1. The Morgan fingerprint density at radius 1 is 1.15 bits per heavy atom. The molecule has 3 aromatic rings. The van der Waals surface area contributed by atoms with Crippen molar-refractivity contribution in [1.29, 1.82) is 0 Å². The van der Waals surface area contributed by atoms with Crippen LogP contribution in [0.3, 0.4) is 0 Å². The lowest BCUT2D eigenvalue weighted by Gasteiger charge is -2.28. The molecule has 0 saturated heterocycles. The highest BCUT2D eigenvalue weighted by molar-refractivity contribution is 6.22. The third-order valence-corrected chi connectivity index (χ3v) is 6.38. The number of aromatic amines is 1. The summed E-state index contributed by atoms with van der Waals surface area (Å²) in [5, 5.41) is 20.6. The second-order valence-corrected chi connectivity index (χ2v) is 8.60. The van der Waals surface area contributed by atoms with Gasteiger partial charge in [-0.3, -0.25) is 4.99 Å². The summed E-state index contributed by atoms with van der Waals surface area (Å²) in [6, 6.07) is 15.7. The molecule has 1 aliphatic heterocycles. The second-order valence-electron chi connectivity index (χ2n) is 8.15. The van der Waals surface area contributed by atoms with E-state index < -0.39 is 11.5 Å². The van der Waals surface area contributed by atoms with Gasteiger partial charge in [0.1, 0.15) is 17.0 Å².